The van der Waals surface area contributed by atoms with Crippen LogP contribution in [-0.2, 0) is 19.1 Å². The van der Waals surface area contributed by atoms with Gasteiger partial charge >= 0.3 is 5.97 Å². The van der Waals surface area contributed by atoms with E-state index in [1.165, 1.54) is 0 Å². The molecule has 178 valence electrons. The minimum Gasteiger partial charge on any atom is -0.427 e. The summed E-state index contributed by atoms with van der Waals surface area (Å²) >= 11 is 0. The van der Waals surface area contributed by atoms with E-state index in [-0.39, 0.29) is 18.6 Å². The molecule has 0 aliphatic rings. The van der Waals surface area contributed by atoms with Crippen molar-refractivity contribution in [2.75, 3.05) is 18.9 Å². The van der Waals surface area contributed by atoms with Crippen molar-refractivity contribution in [3.63, 3.8) is 0 Å². The van der Waals surface area contributed by atoms with E-state index >= 15 is 0 Å². The number of carbonyl (C=O) groups is 2. The maximum Gasteiger partial charge on any atom is 0.311 e. The average Bonchev–Trinajstić information content (AvgIpc) is 2.73. The Hall–Kier alpha value is -1.92. The second-order valence-electron chi connectivity index (χ2n) is 8.73. The molecule has 0 fully saturated rings. The van der Waals surface area contributed by atoms with Gasteiger partial charge in [-0.1, -0.05) is 34.1 Å². The molecule has 0 aliphatic heterocycles. The number of ether oxygens (including phenoxy) is 3. The van der Waals surface area contributed by atoms with E-state index in [1.807, 2.05) is 27.7 Å². The van der Waals surface area contributed by atoms with Crippen LogP contribution in [0.1, 0.15) is 81.1 Å². The molecule has 0 aliphatic carbocycles. The van der Waals surface area contributed by atoms with Crippen LogP contribution in [0.5, 0.6) is 5.75 Å². The SMILES string of the molecule is CC.CCCC(C)COC(C)(C)COC(C)(C)C(=O)CCC(=O)Oc1ccc(N)cc1. The van der Waals surface area contributed by atoms with Crippen molar-refractivity contribution in [1.29, 1.82) is 0 Å². The van der Waals surface area contributed by atoms with Gasteiger partial charge in [0.05, 0.1) is 18.6 Å². The highest BCUT2D eigenvalue weighted by molar-refractivity contribution is 5.89. The zero-order chi connectivity index (χ0) is 24.1. The van der Waals surface area contributed by atoms with Gasteiger partial charge in [-0.25, -0.2) is 0 Å². The average molecular weight is 438 g/mol. The van der Waals surface area contributed by atoms with Crippen molar-refractivity contribution in [3.05, 3.63) is 24.3 Å². The number of nitrogens with two attached hydrogens (primary N) is 1. The number of nitrogen functional groups attached to an aromatic ring is 1. The number of Topliss-reactive ketones (excluding diaryl/α,β-unsaturated/α-hetero) is 1. The van der Waals surface area contributed by atoms with Crippen LogP contribution in [0.4, 0.5) is 5.69 Å². The van der Waals surface area contributed by atoms with Crippen molar-refractivity contribution in [2.24, 2.45) is 5.92 Å². The highest BCUT2D eigenvalue weighted by Crippen LogP contribution is 2.21. The normalized spacial score (nSPS) is 12.5. The molecular formula is C25H43NO5. The van der Waals surface area contributed by atoms with Crippen LogP contribution in [0.3, 0.4) is 0 Å². The molecule has 0 saturated carbocycles. The van der Waals surface area contributed by atoms with E-state index < -0.39 is 17.2 Å². The lowest BCUT2D eigenvalue weighted by molar-refractivity contribution is -0.156. The minimum absolute atomic E-state index is 0.00950. The van der Waals surface area contributed by atoms with Crippen LogP contribution >= 0.6 is 0 Å². The van der Waals surface area contributed by atoms with Crippen molar-refractivity contribution >= 4 is 17.4 Å². The zero-order valence-corrected chi connectivity index (χ0v) is 20.7. The molecule has 1 rings (SSSR count). The quantitative estimate of drug-likeness (QED) is 0.246. The van der Waals surface area contributed by atoms with Gasteiger partial charge < -0.3 is 19.9 Å². The fraction of sp³-hybridized carbons (Fsp3) is 0.680. The zero-order valence-electron chi connectivity index (χ0n) is 20.7. The lowest BCUT2D eigenvalue weighted by Crippen LogP contribution is -2.42. The molecule has 31 heavy (non-hydrogen) atoms. The third-order valence-electron chi connectivity index (χ3n) is 4.66. The van der Waals surface area contributed by atoms with Crippen LogP contribution in [0, 0.1) is 5.92 Å². The van der Waals surface area contributed by atoms with Gasteiger partial charge in [-0.15, -0.1) is 0 Å². The van der Waals surface area contributed by atoms with Gasteiger partial charge in [-0.2, -0.15) is 0 Å². The number of anilines is 1. The van der Waals surface area contributed by atoms with Gasteiger partial charge in [0.1, 0.15) is 11.4 Å². The number of ketones is 1. The van der Waals surface area contributed by atoms with Gasteiger partial charge in [0, 0.05) is 18.7 Å². The molecule has 1 aromatic carbocycles. The molecule has 0 amide bonds. The summed E-state index contributed by atoms with van der Waals surface area (Å²) in [6, 6.07) is 6.53. The van der Waals surface area contributed by atoms with Crippen LogP contribution in [-0.4, -0.2) is 36.2 Å². The van der Waals surface area contributed by atoms with Crippen LogP contribution in [0.2, 0.25) is 0 Å². The van der Waals surface area contributed by atoms with Crippen LogP contribution < -0.4 is 10.5 Å². The number of rotatable bonds is 13. The first-order valence-corrected chi connectivity index (χ1v) is 11.3. The van der Waals surface area contributed by atoms with Crippen molar-refractivity contribution in [1.82, 2.24) is 0 Å². The summed E-state index contributed by atoms with van der Waals surface area (Å²) in [5.41, 5.74) is 4.70. The molecule has 6 nitrogen and oxygen atoms in total. The summed E-state index contributed by atoms with van der Waals surface area (Å²) in [6.45, 7) is 16.6. The lowest BCUT2D eigenvalue weighted by atomic mass is 9.98. The van der Waals surface area contributed by atoms with Gasteiger partial charge in [-0.05, 0) is 64.3 Å². The predicted octanol–water partition coefficient (Wildman–Crippen LogP) is 5.58. The second kappa shape index (κ2) is 14.2. The van der Waals surface area contributed by atoms with Crippen molar-refractivity contribution in [2.45, 2.75) is 92.3 Å². The molecule has 0 aromatic heterocycles. The molecule has 0 spiro atoms. The summed E-state index contributed by atoms with van der Waals surface area (Å²) in [6.07, 6.45) is 2.29. The third-order valence-corrected chi connectivity index (χ3v) is 4.66. The fourth-order valence-corrected chi connectivity index (χ4v) is 2.66. The highest BCUT2D eigenvalue weighted by atomic mass is 16.6. The minimum atomic E-state index is -1.00. The van der Waals surface area contributed by atoms with Crippen molar-refractivity contribution < 1.29 is 23.8 Å². The van der Waals surface area contributed by atoms with E-state index in [9.17, 15) is 9.59 Å². The topological polar surface area (TPSA) is 87.8 Å². The Labute approximate surface area is 188 Å². The largest absolute Gasteiger partial charge is 0.427 e. The molecule has 1 aromatic rings. The Morgan fingerprint density at radius 1 is 1.00 bits per heavy atom. The first-order valence-electron chi connectivity index (χ1n) is 11.3. The molecule has 0 heterocycles. The predicted molar refractivity (Wildman–Crippen MR) is 126 cm³/mol. The first kappa shape index (κ1) is 29.1. The second-order valence-corrected chi connectivity index (χ2v) is 8.73. The molecule has 2 N–H and O–H groups in total. The van der Waals surface area contributed by atoms with Crippen LogP contribution in [0.15, 0.2) is 24.3 Å². The van der Waals surface area contributed by atoms with E-state index in [2.05, 4.69) is 13.8 Å². The molecule has 0 radical (unpaired) electrons. The lowest BCUT2D eigenvalue weighted by Gasteiger charge is -2.32. The molecule has 0 saturated heterocycles. The summed E-state index contributed by atoms with van der Waals surface area (Å²) in [7, 11) is 0. The van der Waals surface area contributed by atoms with Gasteiger partial charge in [0.25, 0.3) is 0 Å². The Morgan fingerprint density at radius 2 is 1.58 bits per heavy atom. The first-order chi connectivity index (χ1) is 14.4. The third kappa shape index (κ3) is 12.5. The monoisotopic (exact) mass is 437 g/mol. The summed E-state index contributed by atoms with van der Waals surface area (Å²) in [4.78, 5) is 24.5. The van der Waals surface area contributed by atoms with Crippen LogP contribution in [0.25, 0.3) is 0 Å². The molecular weight excluding hydrogens is 394 g/mol. The molecule has 1 atom stereocenters. The Bertz CT molecular complexity index is 652. The van der Waals surface area contributed by atoms with Gasteiger partial charge in [0.2, 0.25) is 0 Å². The summed E-state index contributed by atoms with van der Waals surface area (Å²) in [5, 5.41) is 0. The standard InChI is InChI=1S/C23H37NO5.C2H6/c1-7-8-17(2)15-27-22(3,4)16-28-23(5,6)20(25)13-14-21(26)29-19-11-9-18(24)10-12-19;1-2/h9-12,17H,7-8,13-16,24H2,1-6H3;1-2H3. The number of benzene rings is 1. The van der Waals surface area contributed by atoms with E-state index in [4.69, 9.17) is 19.9 Å². The van der Waals surface area contributed by atoms with E-state index in [1.54, 1.807) is 38.1 Å². The molecule has 6 heteroatoms. The number of carbonyl (C=O) groups excluding carboxylic acids is 2. The van der Waals surface area contributed by atoms with E-state index in [0.29, 0.717) is 30.6 Å². The molecule has 1 unspecified atom stereocenters. The summed E-state index contributed by atoms with van der Waals surface area (Å²) < 4.78 is 17.1. The highest BCUT2D eigenvalue weighted by Gasteiger charge is 2.32. The summed E-state index contributed by atoms with van der Waals surface area (Å²) in [5.74, 6) is 0.277. The number of esters is 1. The fourth-order valence-electron chi connectivity index (χ4n) is 2.66. The Balaban J connectivity index is 0.00000436. The van der Waals surface area contributed by atoms with Gasteiger partial charge in [-0.3, -0.25) is 9.59 Å². The van der Waals surface area contributed by atoms with E-state index in [0.717, 1.165) is 12.8 Å². The Morgan fingerprint density at radius 3 is 2.13 bits per heavy atom. The van der Waals surface area contributed by atoms with Crippen molar-refractivity contribution in [3.8, 4) is 5.75 Å². The molecule has 0 bridgehead atoms. The van der Waals surface area contributed by atoms with Gasteiger partial charge in [0.15, 0.2) is 5.78 Å². The smallest absolute Gasteiger partial charge is 0.311 e. The number of hydrogen-bond donors (Lipinski definition) is 1. The number of hydrogen-bond acceptors (Lipinski definition) is 6. The maximum absolute atomic E-state index is 12.5. The maximum atomic E-state index is 12.5. The Kier molecular flexibility index (Phi) is 13.3.